The molecule has 1 heterocycles. The third-order valence-corrected chi connectivity index (χ3v) is 2.98. The standard InChI is InChI=1S/C13H13ClFN3O/c1-8(9-6-16-18(2)7-9)17-13(19)11-5-10(14)3-4-12(11)15/h3-8H,1-2H3,(H,17,19). The molecule has 2 rings (SSSR count). The number of nitrogens with one attached hydrogen (secondary N) is 1. The largest absolute Gasteiger partial charge is 0.345 e. The van der Waals surface area contributed by atoms with E-state index in [0.717, 1.165) is 5.56 Å². The predicted octanol–water partition coefficient (Wildman–Crippen LogP) is 2.70. The summed E-state index contributed by atoms with van der Waals surface area (Å²) in [4.78, 5) is 12.0. The zero-order valence-corrected chi connectivity index (χ0v) is 11.3. The van der Waals surface area contributed by atoms with Crippen molar-refractivity contribution in [3.63, 3.8) is 0 Å². The highest BCUT2D eigenvalue weighted by atomic mass is 35.5. The zero-order chi connectivity index (χ0) is 14.0. The summed E-state index contributed by atoms with van der Waals surface area (Å²) in [5.74, 6) is -1.10. The summed E-state index contributed by atoms with van der Waals surface area (Å²) in [5, 5.41) is 7.04. The van der Waals surface area contributed by atoms with Gasteiger partial charge in [-0.1, -0.05) is 11.6 Å². The number of carbonyl (C=O) groups excluding carboxylic acids is 1. The molecule has 1 atom stereocenters. The lowest BCUT2D eigenvalue weighted by molar-refractivity contribution is 0.0936. The first kappa shape index (κ1) is 13.5. The van der Waals surface area contributed by atoms with Crippen molar-refractivity contribution >= 4 is 17.5 Å². The maximum Gasteiger partial charge on any atom is 0.254 e. The van der Waals surface area contributed by atoms with E-state index < -0.39 is 11.7 Å². The normalized spacial score (nSPS) is 12.2. The van der Waals surface area contributed by atoms with Crippen molar-refractivity contribution < 1.29 is 9.18 Å². The average Bonchev–Trinajstić information content (AvgIpc) is 2.79. The van der Waals surface area contributed by atoms with E-state index in [1.807, 2.05) is 0 Å². The molecule has 0 saturated heterocycles. The zero-order valence-electron chi connectivity index (χ0n) is 10.5. The predicted molar refractivity (Wildman–Crippen MR) is 70.5 cm³/mol. The van der Waals surface area contributed by atoms with Crippen molar-refractivity contribution in [1.82, 2.24) is 15.1 Å². The van der Waals surface area contributed by atoms with Gasteiger partial charge in [0.2, 0.25) is 0 Å². The summed E-state index contributed by atoms with van der Waals surface area (Å²) in [6.07, 6.45) is 3.44. The van der Waals surface area contributed by atoms with E-state index in [-0.39, 0.29) is 11.6 Å². The Kier molecular flexibility index (Phi) is 3.85. The molecule has 0 aliphatic carbocycles. The molecule has 2 aromatic rings. The fraction of sp³-hybridized carbons (Fsp3) is 0.231. The molecule has 0 bridgehead atoms. The van der Waals surface area contributed by atoms with Crippen LogP contribution < -0.4 is 5.32 Å². The Balaban J connectivity index is 2.15. The number of amides is 1. The van der Waals surface area contributed by atoms with Crippen molar-refractivity contribution in [2.75, 3.05) is 0 Å². The van der Waals surface area contributed by atoms with Gasteiger partial charge in [0.25, 0.3) is 5.91 Å². The van der Waals surface area contributed by atoms with E-state index in [9.17, 15) is 9.18 Å². The molecule has 0 spiro atoms. The lowest BCUT2D eigenvalue weighted by Crippen LogP contribution is -2.27. The summed E-state index contributed by atoms with van der Waals surface area (Å²) in [5.41, 5.74) is 0.779. The number of rotatable bonds is 3. The van der Waals surface area contributed by atoms with E-state index in [4.69, 9.17) is 11.6 Å². The van der Waals surface area contributed by atoms with Crippen LogP contribution in [0.5, 0.6) is 0 Å². The van der Waals surface area contributed by atoms with Gasteiger partial charge in [0.15, 0.2) is 0 Å². The number of nitrogens with zero attached hydrogens (tertiary/aromatic N) is 2. The molecular weight excluding hydrogens is 269 g/mol. The van der Waals surface area contributed by atoms with E-state index in [0.29, 0.717) is 5.02 Å². The van der Waals surface area contributed by atoms with Gasteiger partial charge in [-0.25, -0.2) is 4.39 Å². The smallest absolute Gasteiger partial charge is 0.254 e. The van der Waals surface area contributed by atoms with E-state index in [1.54, 1.807) is 31.0 Å². The maximum atomic E-state index is 13.5. The van der Waals surface area contributed by atoms with Crippen LogP contribution in [0.4, 0.5) is 4.39 Å². The van der Waals surface area contributed by atoms with Crippen LogP contribution in [0.3, 0.4) is 0 Å². The monoisotopic (exact) mass is 281 g/mol. The number of carbonyl (C=O) groups is 1. The van der Waals surface area contributed by atoms with Gasteiger partial charge in [-0.05, 0) is 25.1 Å². The SMILES string of the molecule is CC(NC(=O)c1cc(Cl)ccc1F)c1cnn(C)c1. The molecule has 0 radical (unpaired) electrons. The Morgan fingerprint density at radius 1 is 1.53 bits per heavy atom. The molecule has 0 aliphatic heterocycles. The molecule has 0 fully saturated rings. The van der Waals surface area contributed by atoms with Crippen LogP contribution in [0.2, 0.25) is 5.02 Å². The fourth-order valence-electron chi connectivity index (χ4n) is 1.69. The highest BCUT2D eigenvalue weighted by molar-refractivity contribution is 6.31. The molecule has 1 aromatic carbocycles. The summed E-state index contributed by atoms with van der Waals surface area (Å²) in [7, 11) is 1.79. The first-order valence-corrected chi connectivity index (χ1v) is 6.09. The number of aromatic nitrogens is 2. The summed E-state index contributed by atoms with van der Waals surface area (Å²) < 4.78 is 15.2. The lowest BCUT2D eigenvalue weighted by Gasteiger charge is -2.12. The number of hydrogen-bond acceptors (Lipinski definition) is 2. The van der Waals surface area contributed by atoms with Gasteiger partial charge in [0, 0.05) is 23.8 Å². The first-order chi connectivity index (χ1) is 8.97. The van der Waals surface area contributed by atoms with Crippen LogP contribution in [-0.2, 0) is 7.05 Å². The van der Waals surface area contributed by atoms with E-state index in [1.165, 1.54) is 18.2 Å². The summed E-state index contributed by atoms with van der Waals surface area (Å²) in [6, 6.07) is 3.62. The third kappa shape index (κ3) is 3.12. The molecule has 1 unspecified atom stereocenters. The van der Waals surface area contributed by atoms with Crippen LogP contribution in [0.15, 0.2) is 30.6 Å². The van der Waals surface area contributed by atoms with Gasteiger partial charge in [0.1, 0.15) is 5.82 Å². The topological polar surface area (TPSA) is 46.9 Å². The highest BCUT2D eigenvalue weighted by Crippen LogP contribution is 2.17. The van der Waals surface area contributed by atoms with Crippen LogP contribution in [0.1, 0.15) is 28.9 Å². The number of benzene rings is 1. The molecule has 0 aliphatic rings. The number of aryl methyl sites for hydroxylation is 1. The van der Waals surface area contributed by atoms with Crippen molar-refractivity contribution in [2.45, 2.75) is 13.0 Å². The molecule has 1 aromatic heterocycles. The van der Waals surface area contributed by atoms with Gasteiger partial charge in [-0.3, -0.25) is 9.48 Å². The second-order valence-corrected chi connectivity index (χ2v) is 4.70. The number of halogens is 2. The Hall–Kier alpha value is -1.88. The molecule has 0 saturated carbocycles. The molecule has 1 N–H and O–H groups in total. The third-order valence-electron chi connectivity index (χ3n) is 2.75. The molecule has 6 heteroatoms. The number of hydrogen-bond donors (Lipinski definition) is 1. The van der Waals surface area contributed by atoms with Crippen LogP contribution in [0.25, 0.3) is 0 Å². The van der Waals surface area contributed by atoms with Gasteiger partial charge in [0.05, 0.1) is 17.8 Å². The first-order valence-electron chi connectivity index (χ1n) is 5.72. The maximum absolute atomic E-state index is 13.5. The van der Waals surface area contributed by atoms with Crippen molar-refractivity contribution in [3.8, 4) is 0 Å². The molecule has 4 nitrogen and oxygen atoms in total. The Bertz CT molecular complexity index is 612. The second-order valence-electron chi connectivity index (χ2n) is 4.27. The van der Waals surface area contributed by atoms with E-state index >= 15 is 0 Å². The van der Waals surface area contributed by atoms with Gasteiger partial charge < -0.3 is 5.32 Å². The Morgan fingerprint density at radius 2 is 2.26 bits per heavy atom. The molecule has 1 amide bonds. The minimum absolute atomic E-state index is 0.0664. The van der Waals surface area contributed by atoms with Gasteiger partial charge >= 0.3 is 0 Å². The minimum atomic E-state index is -0.597. The Morgan fingerprint density at radius 3 is 2.89 bits per heavy atom. The van der Waals surface area contributed by atoms with Gasteiger partial charge in [-0.2, -0.15) is 5.10 Å². The summed E-state index contributed by atoms with van der Waals surface area (Å²) >= 11 is 5.76. The van der Waals surface area contributed by atoms with Crippen LogP contribution >= 0.6 is 11.6 Å². The molecule has 100 valence electrons. The molecule has 19 heavy (non-hydrogen) atoms. The average molecular weight is 282 g/mol. The van der Waals surface area contributed by atoms with Crippen molar-refractivity contribution in [2.24, 2.45) is 7.05 Å². The minimum Gasteiger partial charge on any atom is -0.345 e. The summed E-state index contributed by atoms with van der Waals surface area (Å²) in [6.45, 7) is 1.80. The lowest BCUT2D eigenvalue weighted by atomic mass is 10.1. The quantitative estimate of drug-likeness (QED) is 0.940. The fourth-order valence-corrected chi connectivity index (χ4v) is 1.87. The van der Waals surface area contributed by atoms with Crippen LogP contribution in [-0.4, -0.2) is 15.7 Å². The Labute approximate surface area is 115 Å². The van der Waals surface area contributed by atoms with Gasteiger partial charge in [-0.15, -0.1) is 0 Å². The van der Waals surface area contributed by atoms with Crippen molar-refractivity contribution in [1.29, 1.82) is 0 Å². The second kappa shape index (κ2) is 5.40. The van der Waals surface area contributed by atoms with Crippen LogP contribution in [0, 0.1) is 5.82 Å². The van der Waals surface area contributed by atoms with Crippen molar-refractivity contribution in [3.05, 3.63) is 52.6 Å². The highest BCUT2D eigenvalue weighted by Gasteiger charge is 2.16. The molecular formula is C13H13ClFN3O. The van der Waals surface area contributed by atoms with E-state index in [2.05, 4.69) is 10.4 Å².